The molecule has 1 amide bonds. The summed E-state index contributed by atoms with van der Waals surface area (Å²) in [6.07, 6.45) is 15.0. The van der Waals surface area contributed by atoms with E-state index in [1.165, 1.54) is 29.5 Å². The van der Waals surface area contributed by atoms with E-state index in [0.717, 1.165) is 73.6 Å². The fraction of sp³-hybridized carbons (Fsp3) is 0.577. The van der Waals surface area contributed by atoms with Crippen molar-refractivity contribution < 1.29 is 4.79 Å². The van der Waals surface area contributed by atoms with Crippen LogP contribution in [0.4, 0.5) is 5.13 Å². The zero-order valence-corrected chi connectivity index (χ0v) is 19.7. The van der Waals surface area contributed by atoms with Gasteiger partial charge in [-0.2, -0.15) is 0 Å². The SMILES string of the molecule is CCc1ccc2nc(N(CCCn3ccnc3)C(=O)C34CC5CC(CC(C5)C3)C4)sc2c1. The second-order valence-corrected chi connectivity index (χ2v) is 11.5. The van der Waals surface area contributed by atoms with Crippen LogP contribution in [-0.4, -0.2) is 27.0 Å². The lowest BCUT2D eigenvalue weighted by Gasteiger charge is -2.56. The van der Waals surface area contributed by atoms with Gasteiger partial charge in [-0.3, -0.25) is 9.69 Å². The lowest BCUT2D eigenvalue weighted by atomic mass is 9.49. The van der Waals surface area contributed by atoms with Crippen molar-refractivity contribution >= 4 is 32.6 Å². The van der Waals surface area contributed by atoms with Crippen molar-refractivity contribution in [1.29, 1.82) is 0 Å². The molecule has 3 aromatic rings. The third-order valence-corrected chi connectivity index (χ3v) is 9.22. The van der Waals surface area contributed by atoms with Crippen LogP contribution < -0.4 is 4.90 Å². The highest BCUT2D eigenvalue weighted by Gasteiger charge is 2.55. The highest BCUT2D eigenvalue weighted by Crippen LogP contribution is 2.60. The Morgan fingerprint density at radius 1 is 1.19 bits per heavy atom. The second kappa shape index (κ2) is 7.98. The molecule has 7 rings (SSSR count). The topological polar surface area (TPSA) is 51.0 Å². The number of aromatic nitrogens is 3. The quantitative estimate of drug-likeness (QED) is 0.466. The number of imidazole rings is 1. The molecule has 2 aromatic heterocycles. The van der Waals surface area contributed by atoms with E-state index in [1.54, 1.807) is 11.3 Å². The number of amides is 1. The molecule has 0 radical (unpaired) electrons. The van der Waals surface area contributed by atoms with Crippen molar-refractivity contribution in [3.05, 3.63) is 42.5 Å². The molecule has 0 spiro atoms. The van der Waals surface area contributed by atoms with Crippen molar-refractivity contribution in [3.63, 3.8) is 0 Å². The Morgan fingerprint density at radius 2 is 1.94 bits per heavy atom. The number of hydrogen-bond donors (Lipinski definition) is 0. The lowest BCUT2D eigenvalue weighted by Crippen LogP contribution is -2.55. The number of carbonyl (C=O) groups excluding carboxylic acids is 1. The van der Waals surface area contributed by atoms with E-state index < -0.39 is 0 Å². The summed E-state index contributed by atoms with van der Waals surface area (Å²) in [7, 11) is 0. The first-order valence-corrected chi connectivity index (χ1v) is 13.1. The highest BCUT2D eigenvalue weighted by molar-refractivity contribution is 7.22. The van der Waals surface area contributed by atoms with Gasteiger partial charge in [0.1, 0.15) is 0 Å². The molecular weight excluding hydrogens is 416 g/mol. The van der Waals surface area contributed by atoms with E-state index in [2.05, 4.69) is 39.6 Å². The molecule has 4 aliphatic carbocycles. The van der Waals surface area contributed by atoms with Gasteiger partial charge >= 0.3 is 0 Å². The minimum Gasteiger partial charge on any atom is -0.337 e. The standard InChI is InChI=1S/C26H32N4OS/c1-2-18-4-5-22-23(13-18)32-25(28-22)30(8-3-7-29-9-6-27-17-29)24(31)26-14-19-10-20(15-26)12-21(11-19)16-26/h4-6,9,13,17,19-21H,2-3,7-8,10-12,14-16H2,1H3. The van der Waals surface area contributed by atoms with E-state index in [1.807, 2.05) is 18.7 Å². The van der Waals surface area contributed by atoms with Crippen LogP contribution in [0.15, 0.2) is 36.9 Å². The van der Waals surface area contributed by atoms with Gasteiger partial charge in [0.2, 0.25) is 5.91 Å². The molecule has 4 saturated carbocycles. The van der Waals surface area contributed by atoms with Crippen LogP contribution >= 0.6 is 11.3 Å². The van der Waals surface area contributed by atoms with Gasteiger partial charge < -0.3 is 4.57 Å². The number of hydrogen-bond acceptors (Lipinski definition) is 4. The number of anilines is 1. The predicted molar refractivity (Wildman–Crippen MR) is 129 cm³/mol. The Balaban J connectivity index is 1.31. The molecule has 2 heterocycles. The summed E-state index contributed by atoms with van der Waals surface area (Å²) < 4.78 is 3.29. The molecule has 168 valence electrons. The zero-order chi connectivity index (χ0) is 21.7. The Bertz CT molecular complexity index is 1080. The third-order valence-electron chi connectivity index (χ3n) is 8.18. The molecule has 5 nitrogen and oxygen atoms in total. The molecule has 6 heteroatoms. The second-order valence-electron chi connectivity index (χ2n) is 10.5. The number of rotatable bonds is 7. The Labute approximate surface area is 193 Å². The summed E-state index contributed by atoms with van der Waals surface area (Å²) in [5.74, 6) is 2.65. The smallest absolute Gasteiger partial charge is 0.235 e. The van der Waals surface area contributed by atoms with Crippen molar-refractivity contribution in [3.8, 4) is 0 Å². The zero-order valence-electron chi connectivity index (χ0n) is 18.9. The summed E-state index contributed by atoms with van der Waals surface area (Å²) >= 11 is 1.69. The minimum atomic E-state index is -0.143. The molecule has 32 heavy (non-hydrogen) atoms. The maximum Gasteiger partial charge on any atom is 0.235 e. The fourth-order valence-corrected chi connectivity index (χ4v) is 8.12. The van der Waals surface area contributed by atoms with Crippen LogP contribution in [0.25, 0.3) is 10.2 Å². The maximum absolute atomic E-state index is 14.3. The van der Waals surface area contributed by atoms with Crippen LogP contribution in [-0.2, 0) is 17.8 Å². The van der Waals surface area contributed by atoms with Crippen LogP contribution in [0.2, 0.25) is 0 Å². The van der Waals surface area contributed by atoms with Crippen molar-refractivity contribution in [2.75, 3.05) is 11.4 Å². The van der Waals surface area contributed by atoms with Gasteiger partial charge in [-0.25, -0.2) is 9.97 Å². The van der Waals surface area contributed by atoms with Crippen molar-refractivity contribution in [2.24, 2.45) is 23.2 Å². The first kappa shape index (κ1) is 20.4. The van der Waals surface area contributed by atoms with E-state index in [-0.39, 0.29) is 5.41 Å². The van der Waals surface area contributed by atoms with Gasteiger partial charge in [0.25, 0.3) is 0 Å². The van der Waals surface area contributed by atoms with Gasteiger partial charge in [0, 0.05) is 25.5 Å². The number of thiazole rings is 1. The van der Waals surface area contributed by atoms with E-state index in [0.29, 0.717) is 5.91 Å². The van der Waals surface area contributed by atoms with E-state index in [9.17, 15) is 4.79 Å². The molecule has 0 aliphatic heterocycles. The number of aryl methyl sites for hydroxylation is 2. The minimum absolute atomic E-state index is 0.143. The van der Waals surface area contributed by atoms with E-state index in [4.69, 9.17) is 4.98 Å². The predicted octanol–water partition coefficient (Wildman–Crippen LogP) is 5.69. The summed E-state index contributed by atoms with van der Waals surface area (Å²) in [4.78, 5) is 25.4. The third kappa shape index (κ3) is 3.57. The fourth-order valence-electron chi connectivity index (χ4n) is 7.07. The number of fused-ring (bicyclic) bond motifs is 1. The van der Waals surface area contributed by atoms with Gasteiger partial charge in [0.05, 0.1) is 22.0 Å². The number of benzene rings is 1. The van der Waals surface area contributed by atoms with Gasteiger partial charge in [-0.05, 0) is 86.8 Å². The normalized spacial score (nSPS) is 28.5. The van der Waals surface area contributed by atoms with Gasteiger partial charge in [-0.1, -0.05) is 24.3 Å². The maximum atomic E-state index is 14.3. The Hall–Kier alpha value is -2.21. The summed E-state index contributed by atoms with van der Waals surface area (Å²) in [6.45, 7) is 3.77. The largest absolute Gasteiger partial charge is 0.337 e. The number of nitrogens with zero attached hydrogens (tertiary/aromatic N) is 4. The molecule has 1 aromatic carbocycles. The Kier molecular flexibility index (Phi) is 5.09. The average molecular weight is 449 g/mol. The molecule has 4 fully saturated rings. The number of carbonyl (C=O) groups is 1. The van der Waals surface area contributed by atoms with Crippen LogP contribution in [0.3, 0.4) is 0 Å². The first-order valence-electron chi connectivity index (χ1n) is 12.3. The average Bonchev–Trinajstić information content (AvgIpc) is 3.44. The monoisotopic (exact) mass is 448 g/mol. The summed E-state index contributed by atoms with van der Waals surface area (Å²) in [6, 6.07) is 6.53. The van der Waals surface area contributed by atoms with Crippen LogP contribution in [0.5, 0.6) is 0 Å². The van der Waals surface area contributed by atoms with Crippen molar-refractivity contribution in [2.45, 2.75) is 64.8 Å². The lowest BCUT2D eigenvalue weighted by molar-refractivity contribution is -0.143. The first-order chi connectivity index (χ1) is 15.6. The molecule has 0 atom stereocenters. The molecule has 0 saturated heterocycles. The van der Waals surface area contributed by atoms with Gasteiger partial charge in [0.15, 0.2) is 5.13 Å². The molecular formula is C26H32N4OS. The summed E-state index contributed by atoms with van der Waals surface area (Å²) in [5.41, 5.74) is 2.20. The summed E-state index contributed by atoms with van der Waals surface area (Å²) in [5, 5.41) is 0.889. The van der Waals surface area contributed by atoms with Crippen molar-refractivity contribution in [1.82, 2.24) is 14.5 Å². The molecule has 4 aliphatic rings. The van der Waals surface area contributed by atoms with Crippen LogP contribution in [0.1, 0.15) is 57.4 Å². The van der Waals surface area contributed by atoms with E-state index >= 15 is 0 Å². The molecule has 4 bridgehead atoms. The Morgan fingerprint density at radius 3 is 2.59 bits per heavy atom. The molecule has 0 N–H and O–H groups in total. The molecule has 0 unspecified atom stereocenters. The van der Waals surface area contributed by atoms with Crippen LogP contribution in [0, 0.1) is 23.2 Å². The highest BCUT2D eigenvalue weighted by atomic mass is 32.1. The van der Waals surface area contributed by atoms with Gasteiger partial charge in [-0.15, -0.1) is 0 Å².